The van der Waals surface area contributed by atoms with Crippen LogP contribution in [0.1, 0.15) is 18.4 Å². The minimum Gasteiger partial charge on any atom is -0.482 e. The molecule has 1 aromatic heterocycles. The lowest BCUT2D eigenvalue weighted by molar-refractivity contribution is -0.139. The Morgan fingerprint density at radius 1 is 1.26 bits per heavy atom. The van der Waals surface area contributed by atoms with Crippen molar-refractivity contribution >= 4 is 44.4 Å². The van der Waals surface area contributed by atoms with Crippen molar-refractivity contribution in [1.82, 2.24) is 4.98 Å². The molecule has 0 atom stereocenters. The monoisotopic (exact) mass is 449 g/mol. The number of nitrogens with one attached hydrogen (secondary N) is 1. The molecule has 0 saturated heterocycles. The molecule has 1 aliphatic rings. The number of benzene rings is 2. The molecule has 1 saturated carbocycles. The molecule has 4 rings (SSSR count). The molecule has 0 amide bonds. The highest BCUT2D eigenvalue weighted by atomic mass is 79.9. The maximum atomic E-state index is 10.6. The number of carbonyl (C=O) groups is 1. The van der Waals surface area contributed by atoms with Crippen LogP contribution >= 0.6 is 27.5 Å². The van der Waals surface area contributed by atoms with Gasteiger partial charge in [-0.15, -0.1) is 0 Å². The molecule has 0 aliphatic heterocycles. The molecule has 7 heteroatoms. The summed E-state index contributed by atoms with van der Waals surface area (Å²) in [6.45, 7) is -0.434. The number of hydrogen-bond donors (Lipinski definition) is 2. The minimum atomic E-state index is -1.05. The molecule has 2 aromatic carbocycles. The number of carboxylic acid groups (broad SMARTS) is 1. The van der Waals surface area contributed by atoms with Crippen LogP contribution in [0.15, 0.2) is 41.0 Å². The summed E-state index contributed by atoms with van der Waals surface area (Å²) in [7, 11) is 0. The molecule has 2 N–H and O–H groups in total. The Balaban J connectivity index is 1.58. The predicted octanol–water partition coefficient (Wildman–Crippen LogP) is 5.79. The van der Waals surface area contributed by atoms with Gasteiger partial charge in [0.25, 0.3) is 0 Å². The number of halogens is 2. The Morgan fingerprint density at radius 3 is 2.78 bits per heavy atom. The second-order valence-corrected chi connectivity index (χ2v) is 7.93. The molecule has 1 aliphatic carbocycles. The van der Waals surface area contributed by atoms with Crippen molar-refractivity contribution in [3.8, 4) is 17.2 Å². The largest absolute Gasteiger partial charge is 0.482 e. The van der Waals surface area contributed by atoms with E-state index >= 15 is 0 Å². The number of fused-ring (bicyclic) bond motifs is 1. The van der Waals surface area contributed by atoms with Crippen LogP contribution in [0.25, 0.3) is 10.9 Å². The van der Waals surface area contributed by atoms with Gasteiger partial charge in [0.2, 0.25) is 0 Å². The first-order valence-corrected chi connectivity index (χ1v) is 9.78. The van der Waals surface area contributed by atoms with E-state index in [1.807, 2.05) is 18.2 Å². The van der Waals surface area contributed by atoms with Crippen molar-refractivity contribution in [2.24, 2.45) is 5.92 Å². The van der Waals surface area contributed by atoms with Gasteiger partial charge in [0.15, 0.2) is 12.4 Å². The lowest BCUT2D eigenvalue weighted by Gasteiger charge is -2.12. The van der Waals surface area contributed by atoms with Crippen molar-refractivity contribution in [1.29, 1.82) is 0 Å². The lowest BCUT2D eigenvalue weighted by atomic mass is 10.1. The van der Waals surface area contributed by atoms with Crippen LogP contribution in [0.2, 0.25) is 5.02 Å². The number of aliphatic carboxylic acids is 1. The normalized spacial score (nSPS) is 13.7. The molecule has 3 aromatic rings. The van der Waals surface area contributed by atoms with Crippen LogP contribution in [0.3, 0.4) is 0 Å². The van der Waals surface area contributed by atoms with Gasteiger partial charge in [0.05, 0.1) is 9.50 Å². The fourth-order valence-electron chi connectivity index (χ4n) is 3.00. The third-order valence-electron chi connectivity index (χ3n) is 4.50. The average molecular weight is 451 g/mol. The van der Waals surface area contributed by atoms with E-state index in [9.17, 15) is 4.79 Å². The SMILES string of the molecule is O=C(O)COc1cc(Cl)c(Oc2ccc3[nH]cc(CC4CC4)c3c2)c(Br)c1. The zero-order valence-corrected chi connectivity index (χ0v) is 16.6. The third kappa shape index (κ3) is 4.22. The molecule has 0 unspecified atom stereocenters. The Kier molecular flexibility index (Phi) is 5.02. The standard InChI is InChI=1S/C20H17BrClNO4/c21-16-7-14(26-10-19(24)25)8-17(22)20(16)27-13-3-4-18-15(6-13)12(9-23-18)5-11-1-2-11/h3-4,6-9,11,23H,1-2,5,10H2,(H,24,25). The van der Waals surface area contributed by atoms with E-state index in [2.05, 4.69) is 27.1 Å². The van der Waals surface area contributed by atoms with Gasteiger partial charge in [-0.05, 0) is 70.9 Å². The van der Waals surface area contributed by atoms with Crippen LogP contribution in [-0.2, 0) is 11.2 Å². The Morgan fingerprint density at radius 2 is 2.07 bits per heavy atom. The summed E-state index contributed by atoms with van der Waals surface area (Å²) in [5.74, 6) is 1.24. The number of hydrogen-bond acceptors (Lipinski definition) is 3. The zero-order valence-electron chi connectivity index (χ0n) is 14.3. The molecule has 140 valence electrons. The quantitative estimate of drug-likeness (QED) is 0.478. The molecule has 1 fully saturated rings. The van der Waals surface area contributed by atoms with E-state index in [1.165, 1.54) is 24.5 Å². The summed E-state index contributed by atoms with van der Waals surface area (Å²) in [6.07, 6.45) is 5.77. The number of aromatic amines is 1. The topological polar surface area (TPSA) is 71.6 Å². The zero-order chi connectivity index (χ0) is 19.0. The predicted molar refractivity (Wildman–Crippen MR) is 107 cm³/mol. The van der Waals surface area contributed by atoms with Gasteiger partial charge in [-0.2, -0.15) is 0 Å². The van der Waals surface area contributed by atoms with Gasteiger partial charge in [-0.25, -0.2) is 4.79 Å². The third-order valence-corrected chi connectivity index (χ3v) is 5.37. The summed E-state index contributed by atoms with van der Waals surface area (Å²) in [5, 5.41) is 10.2. The Hall–Kier alpha value is -2.18. The fourth-order valence-corrected chi connectivity index (χ4v) is 3.89. The maximum absolute atomic E-state index is 10.6. The minimum absolute atomic E-state index is 0.331. The van der Waals surface area contributed by atoms with Gasteiger partial charge in [0, 0.05) is 23.2 Å². The number of ether oxygens (including phenoxy) is 2. The van der Waals surface area contributed by atoms with Crippen LogP contribution in [0.4, 0.5) is 0 Å². The van der Waals surface area contributed by atoms with Gasteiger partial charge in [-0.3, -0.25) is 0 Å². The molecular weight excluding hydrogens is 434 g/mol. The van der Waals surface area contributed by atoms with Gasteiger partial charge < -0.3 is 19.6 Å². The first kappa shape index (κ1) is 18.2. The first-order valence-electron chi connectivity index (χ1n) is 8.61. The van der Waals surface area contributed by atoms with E-state index in [-0.39, 0.29) is 0 Å². The number of carboxylic acids is 1. The van der Waals surface area contributed by atoms with E-state index in [1.54, 1.807) is 6.07 Å². The smallest absolute Gasteiger partial charge is 0.341 e. The second-order valence-electron chi connectivity index (χ2n) is 6.67. The van der Waals surface area contributed by atoms with E-state index < -0.39 is 12.6 Å². The number of aromatic nitrogens is 1. The van der Waals surface area contributed by atoms with Crippen LogP contribution in [0, 0.1) is 5.92 Å². The summed E-state index contributed by atoms with van der Waals surface area (Å²) in [5.41, 5.74) is 2.39. The van der Waals surface area contributed by atoms with Crippen molar-refractivity contribution in [2.45, 2.75) is 19.3 Å². The van der Waals surface area contributed by atoms with Gasteiger partial charge in [0.1, 0.15) is 11.5 Å². The van der Waals surface area contributed by atoms with E-state index in [0.717, 1.165) is 23.2 Å². The second kappa shape index (κ2) is 7.44. The van der Waals surface area contributed by atoms with Gasteiger partial charge in [-0.1, -0.05) is 11.6 Å². The van der Waals surface area contributed by atoms with Crippen molar-refractivity contribution in [3.05, 3.63) is 51.6 Å². The van der Waals surface area contributed by atoms with E-state index in [0.29, 0.717) is 26.7 Å². The number of H-pyrrole nitrogens is 1. The van der Waals surface area contributed by atoms with Crippen LogP contribution < -0.4 is 9.47 Å². The summed E-state index contributed by atoms with van der Waals surface area (Å²) in [4.78, 5) is 13.9. The summed E-state index contributed by atoms with van der Waals surface area (Å²) in [6, 6.07) is 9.07. The lowest BCUT2D eigenvalue weighted by Crippen LogP contribution is -2.09. The maximum Gasteiger partial charge on any atom is 0.341 e. The van der Waals surface area contributed by atoms with Crippen LogP contribution in [-0.4, -0.2) is 22.7 Å². The number of rotatable bonds is 7. The Labute approximate surface area is 169 Å². The molecule has 0 bridgehead atoms. The molecule has 27 heavy (non-hydrogen) atoms. The van der Waals surface area contributed by atoms with Crippen molar-refractivity contribution in [2.75, 3.05) is 6.61 Å². The highest BCUT2D eigenvalue weighted by Crippen LogP contribution is 2.41. The Bertz CT molecular complexity index is 989. The molecule has 1 heterocycles. The molecular formula is C20H17BrClNO4. The van der Waals surface area contributed by atoms with Crippen molar-refractivity contribution < 1.29 is 19.4 Å². The fraction of sp³-hybridized carbons (Fsp3) is 0.250. The average Bonchev–Trinajstić information content (AvgIpc) is 3.36. The first-order chi connectivity index (χ1) is 13.0. The highest BCUT2D eigenvalue weighted by Gasteiger charge is 2.23. The summed E-state index contributed by atoms with van der Waals surface area (Å²) >= 11 is 9.73. The summed E-state index contributed by atoms with van der Waals surface area (Å²) < 4.78 is 11.8. The highest BCUT2D eigenvalue weighted by molar-refractivity contribution is 9.10. The van der Waals surface area contributed by atoms with Crippen molar-refractivity contribution in [3.63, 3.8) is 0 Å². The van der Waals surface area contributed by atoms with Gasteiger partial charge >= 0.3 is 5.97 Å². The van der Waals surface area contributed by atoms with E-state index in [4.69, 9.17) is 26.2 Å². The van der Waals surface area contributed by atoms with Crippen LogP contribution in [0.5, 0.6) is 17.2 Å². The molecule has 0 radical (unpaired) electrons. The molecule has 0 spiro atoms. The molecule has 5 nitrogen and oxygen atoms in total.